The lowest BCUT2D eigenvalue weighted by atomic mass is 10.1. The highest BCUT2D eigenvalue weighted by atomic mass is 35.5. The minimum absolute atomic E-state index is 0.514. The van der Waals surface area contributed by atoms with E-state index in [4.69, 9.17) is 11.6 Å². The maximum Gasteiger partial charge on any atom is 0.134 e. The van der Waals surface area contributed by atoms with Gasteiger partial charge in [0.2, 0.25) is 0 Å². The van der Waals surface area contributed by atoms with Gasteiger partial charge in [0, 0.05) is 22.6 Å². The maximum atomic E-state index is 6.01. The van der Waals surface area contributed by atoms with E-state index in [0.717, 1.165) is 47.5 Å². The number of benzene rings is 1. The predicted octanol–water partition coefficient (Wildman–Crippen LogP) is 3.05. The molecule has 1 aromatic heterocycles. The summed E-state index contributed by atoms with van der Waals surface area (Å²) < 4.78 is 0. The fourth-order valence-electron chi connectivity index (χ4n) is 2.42. The van der Waals surface area contributed by atoms with Crippen LogP contribution in [0.1, 0.15) is 12.8 Å². The summed E-state index contributed by atoms with van der Waals surface area (Å²) >= 11 is 6.01. The van der Waals surface area contributed by atoms with Crippen LogP contribution in [0.5, 0.6) is 0 Å². The molecule has 18 heavy (non-hydrogen) atoms. The summed E-state index contributed by atoms with van der Waals surface area (Å²) in [6, 6.07) is 8.44. The first kappa shape index (κ1) is 11.8. The van der Waals surface area contributed by atoms with Crippen LogP contribution in [0.15, 0.2) is 30.5 Å². The standard InChI is InChI=1S/C14H16ClN3/c15-11-1-2-13-10(9-11)3-8-17-14(13)18-12-4-6-16-7-5-12/h1-3,8-9,12,16H,4-7H2,(H,17,18). The topological polar surface area (TPSA) is 37.0 Å². The number of rotatable bonds is 2. The second-order valence-electron chi connectivity index (χ2n) is 4.69. The Morgan fingerprint density at radius 3 is 2.89 bits per heavy atom. The van der Waals surface area contributed by atoms with E-state index < -0.39 is 0 Å². The number of nitrogens with one attached hydrogen (secondary N) is 2. The molecule has 1 aromatic carbocycles. The average Bonchev–Trinajstić information content (AvgIpc) is 2.40. The van der Waals surface area contributed by atoms with Gasteiger partial charge in [0.25, 0.3) is 0 Å². The van der Waals surface area contributed by atoms with Crippen molar-refractivity contribution >= 4 is 28.2 Å². The normalized spacial score (nSPS) is 16.9. The summed E-state index contributed by atoms with van der Waals surface area (Å²) in [7, 11) is 0. The first-order valence-corrected chi connectivity index (χ1v) is 6.72. The fourth-order valence-corrected chi connectivity index (χ4v) is 2.60. The molecular weight excluding hydrogens is 246 g/mol. The van der Waals surface area contributed by atoms with Crippen molar-refractivity contribution in [2.45, 2.75) is 18.9 Å². The molecule has 1 aliphatic rings. The van der Waals surface area contributed by atoms with Gasteiger partial charge in [-0.15, -0.1) is 0 Å². The molecule has 3 rings (SSSR count). The van der Waals surface area contributed by atoms with Crippen molar-refractivity contribution in [1.82, 2.24) is 10.3 Å². The lowest BCUT2D eigenvalue weighted by molar-refractivity contribution is 0.478. The van der Waals surface area contributed by atoms with Crippen LogP contribution in [0, 0.1) is 0 Å². The SMILES string of the molecule is Clc1ccc2c(NC3CCNCC3)nccc2c1. The van der Waals surface area contributed by atoms with Crippen LogP contribution in [0.2, 0.25) is 5.02 Å². The van der Waals surface area contributed by atoms with Crippen LogP contribution < -0.4 is 10.6 Å². The largest absolute Gasteiger partial charge is 0.367 e. The van der Waals surface area contributed by atoms with E-state index in [0.29, 0.717) is 6.04 Å². The van der Waals surface area contributed by atoms with Crippen LogP contribution in [-0.4, -0.2) is 24.1 Å². The third-order valence-corrected chi connectivity index (χ3v) is 3.64. The Balaban J connectivity index is 1.91. The lowest BCUT2D eigenvalue weighted by Crippen LogP contribution is -2.35. The molecule has 0 unspecified atom stereocenters. The van der Waals surface area contributed by atoms with Crippen molar-refractivity contribution in [1.29, 1.82) is 0 Å². The minimum atomic E-state index is 0.514. The molecule has 0 aliphatic carbocycles. The molecule has 0 spiro atoms. The van der Waals surface area contributed by atoms with Crippen LogP contribution in [0.25, 0.3) is 10.8 Å². The molecule has 4 heteroatoms. The molecule has 3 nitrogen and oxygen atoms in total. The number of pyridine rings is 1. The summed E-state index contributed by atoms with van der Waals surface area (Å²) in [6.45, 7) is 2.16. The quantitative estimate of drug-likeness (QED) is 0.873. The van der Waals surface area contributed by atoms with Crippen molar-refractivity contribution in [3.05, 3.63) is 35.5 Å². The van der Waals surface area contributed by atoms with E-state index in [1.165, 1.54) is 0 Å². The summed E-state index contributed by atoms with van der Waals surface area (Å²) in [5.74, 6) is 0.969. The average molecular weight is 262 g/mol. The minimum Gasteiger partial charge on any atom is -0.367 e. The second-order valence-corrected chi connectivity index (χ2v) is 5.13. The zero-order valence-electron chi connectivity index (χ0n) is 10.1. The Morgan fingerprint density at radius 2 is 2.06 bits per heavy atom. The molecule has 0 radical (unpaired) electrons. The highest BCUT2D eigenvalue weighted by Crippen LogP contribution is 2.25. The van der Waals surface area contributed by atoms with E-state index in [2.05, 4.69) is 15.6 Å². The van der Waals surface area contributed by atoms with Crippen LogP contribution >= 0.6 is 11.6 Å². The van der Waals surface area contributed by atoms with Gasteiger partial charge in [-0.05, 0) is 55.6 Å². The van der Waals surface area contributed by atoms with Crippen molar-refractivity contribution < 1.29 is 0 Å². The van der Waals surface area contributed by atoms with Gasteiger partial charge in [0.05, 0.1) is 0 Å². The molecule has 0 amide bonds. The monoisotopic (exact) mass is 261 g/mol. The van der Waals surface area contributed by atoms with Gasteiger partial charge in [0.15, 0.2) is 0 Å². The molecule has 2 N–H and O–H groups in total. The fraction of sp³-hybridized carbons (Fsp3) is 0.357. The summed E-state index contributed by atoms with van der Waals surface area (Å²) in [5.41, 5.74) is 0. The van der Waals surface area contributed by atoms with E-state index >= 15 is 0 Å². The Bertz CT molecular complexity index is 550. The van der Waals surface area contributed by atoms with Crippen LogP contribution in [0.4, 0.5) is 5.82 Å². The van der Waals surface area contributed by atoms with Gasteiger partial charge in [-0.3, -0.25) is 0 Å². The maximum absolute atomic E-state index is 6.01. The number of piperidine rings is 1. The van der Waals surface area contributed by atoms with Crippen LogP contribution in [-0.2, 0) is 0 Å². The van der Waals surface area contributed by atoms with Crippen molar-refractivity contribution in [2.75, 3.05) is 18.4 Å². The highest BCUT2D eigenvalue weighted by molar-refractivity contribution is 6.31. The van der Waals surface area contributed by atoms with Gasteiger partial charge < -0.3 is 10.6 Å². The molecule has 1 saturated heterocycles. The van der Waals surface area contributed by atoms with Gasteiger partial charge in [-0.25, -0.2) is 4.98 Å². The van der Waals surface area contributed by atoms with E-state index in [1.807, 2.05) is 30.5 Å². The zero-order chi connectivity index (χ0) is 12.4. The second kappa shape index (κ2) is 5.12. The number of fused-ring (bicyclic) bond motifs is 1. The van der Waals surface area contributed by atoms with E-state index in [-0.39, 0.29) is 0 Å². The zero-order valence-corrected chi connectivity index (χ0v) is 10.9. The first-order valence-electron chi connectivity index (χ1n) is 6.34. The number of hydrogen-bond donors (Lipinski definition) is 2. The van der Waals surface area contributed by atoms with E-state index in [9.17, 15) is 0 Å². The highest BCUT2D eigenvalue weighted by Gasteiger charge is 2.14. The van der Waals surface area contributed by atoms with Crippen molar-refractivity contribution in [3.63, 3.8) is 0 Å². The smallest absolute Gasteiger partial charge is 0.134 e. The van der Waals surface area contributed by atoms with Crippen molar-refractivity contribution in [3.8, 4) is 0 Å². The molecule has 1 aliphatic heterocycles. The number of anilines is 1. The third kappa shape index (κ3) is 2.42. The summed E-state index contributed by atoms with van der Waals surface area (Å²) in [5, 5.41) is 9.95. The molecule has 0 bridgehead atoms. The molecular formula is C14H16ClN3. The molecule has 2 aromatic rings. The molecule has 0 atom stereocenters. The molecule has 0 saturated carbocycles. The number of nitrogens with zero attached hydrogens (tertiary/aromatic N) is 1. The summed E-state index contributed by atoms with van der Waals surface area (Å²) in [4.78, 5) is 4.46. The molecule has 2 heterocycles. The predicted molar refractivity (Wildman–Crippen MR) is 76.3 cm³/mol. The number of hydrogen-bond acceptors (Lipinski definition) is 3. The Hall–Kier alpha value is -1.32. The Labute approximate surface area is 112 Å². The molecule has 1 fully saturated rings. The number of aromatic nitrogens is 1. The number of halogens is 1. The van der Waals surface area contributed by atoms with E-state index in [1.54, 1.807) is 0 Å². The van der Waals surface area contributed by atoms with Gasteiger partial charge in [-0.1, -0.05) is 11.6 Å². The Morgan fingerprint density at radius 1 is 1.22 bits per heavy atom. The van der Waals surface area contributed by atoms with Gasteiger partial charge in [0.1, 0.15) is 5.82 Å². The molecule has 94 valence electrons. The lowest BCUT2D eigenvalue weighted by Gasteiger charge is -2.24. The van der Waals surface area contributed by atoms with Crippen LogP contribution in [0.3, 0.4) is 0 Å². The first-order chi connectivity index (χ1) is 8.83. The van der Waals surface area contributed by atoms with Crippen molar-refractivity contribution in [2.24, 2.45) is 0 Å². The third-order valence-electron chi connectivity index (χ3n) is 3.41. The van der Waals surface area contributed by atoms with Gasteiger partial charge in [-0.2, -0.15) is 0 Å². The summed E-state index contributed by atoms with van der Waals surface area (Å²) in [6.07, 6.45) is 4.12. The van der Waals surface area contributed by atoms with Gasteiger partial charge >= 0.3 is 0 Å². The Kier molecular flexibility index (Phi) is 3.35.